The molecular weight excluding hydrogens is 314 g/mol. The Morgan fingerprint density at radius 2 is 1.48 bits per heavy atom. The van der Waals surface area contributed by atoms with E-state index in [2.05, 4.69) is 0 Å². The summed E-state index contributed by atoms with van der Waals surface area (Å²) in [5.74, 6) is -0.742. The number of amides is 2. The van der Waals surface area contributed by atoms with Gasteiger partial charge in [-0.2, -0.15) is 0 Å². The zero-order chi connectivity index (χ0) is 17.4. The third kappa shape index (κ3) is 2.33. The molecule has 0 saturated carbocycles. The lowest BCUT2D eigenvalue weighted by Gasteiger charge is -2.38. The number of fused-ring (bicyclic) bond motifs is 1. The van der Waals surface area contributed by atoms with Crippen LogP contribution in [-0.4, -0.2) is 28.5 Å². The van der Waals surface area contributed by atoms with Crippen molar-refractivity contribution in [1.29, 1.82) is 0 Å². The molecular formula is C21H17NO3. The van der Waals surface area contributed by atoms with Crippen molar-refractivity contribution in [2.45, 2.75) is 24.8 Å². The van der Waals surface area contributed by atoms with Gasteiger partial charge in [-0.05, 0) is 42.5 Å². The molecule has 4 nitrogen and oxygen atoms in total. The van der Waals surface area contributed by atoms with Gasteiger partial charge in [0, 0.05) is 0 Å². The van der Waals surface area contributed by atoms with E-state index in [1.54, 1.807) is 24.3 Å². The van der Waals surface area contributed by atoms with E-state index in [9.17, 15) is 14.4 Å². The monoisotopic (exact) mass is 331 g/mol. The standard InChI is InChI=1S/C21H17NO3/c23-14-21(12-10-16(11-13-21)15-6-2-1-3-7-15)22-19(24)17-8-4-5-9-18(17)20(22)25/h1-10,14H,11-13H2/t21-/m1/s1. The molecule has 1 aliphatic carbocycles. The van der Waals surface area contributed by atoms with Crippen molar-refractivity contribution >= 4 is 23.7 Å². The van der Waals surface area contributed by atoms with Gasteiger partial charge in [-0.3, -0.25) is 14.5 Å². The number of allylic oxidation sites excluding steroid dienone is 1. The van der Waals surface area contributed by atoms with Crippen LogP contribution < -0.4 is 0 Å². The summed E-state index contributed by atoms with van der Waals surface area (Å²) in [4.78, 5) is 38.6. The van der Waals surface area contributed by atoms with E-state index >= 15 is 0 Å². The van der Waals surface area contributed by atoms with E-state index < -0.39 is 5.54 Å². The molecule has 0 spiro atoms. The summed E-state index contributed by atoms with van der Waals surface area (Å²) in [5.41, 5.74) is 1.93. The summed E-state index contributed by atoms with van der Waals surface area (Å²) in [7, 11) is 0. The molecule has 0 bridgehead atoms. The molecule has 124 valence electrons. The van der Waals surface area contributed by atoms with Gasteiger partial charge in [0.05, 0.1) is 11.1 Å². The third-order valence-corrected chi connectivity index (χ3v) is 5.13. The van der Waals surface area contributed by atoms with Gasteiger partial charge in [0.15, 0.2) is 0 Å². The molecule has 1 aliphatic heterocycles. The molecule has 2 aromatic carbocycles. The molecule has 4 heteroatoms. The second-order valence-corrected chi connectivity index (χ2v) is 6.51. The number of hydrogen-bond donors (Lipinski definition) is 0. The van der Waals surface area contributed by atoms with Gasteiger partial charge in [0.25, 0.3) is 11.8 Å². The van der Waals surface area contributed by atoms with E-state index in [1.165, 1.54) is 4.90 Å². The Morgan fingerprint density at radius 3 is 2.00 bits per heavy atom. The molecule has 4 rings (SSSR count). The van der Waals surface area contributed by atoms with Crippen LogP contribution in [0.4, 0.5) is 0 Å². The molecule has 0 N–H and O–H groups in total. The molecule has 25 heavy (non-hydrogen) atoms. The average molecular weight is 331 g/mol. The van der Waals surface area contributed by atoms with Crippen LogP contribution in [0.1, 0.15) is 45.5 Å². The SMILES string of the molecule is O=C[C@@]1(N2C(=O)c3ccccc3C2=O)CC=C(c2ccccc2)CC1. The lowest BCUT2D eigenvalue weighted by Crippen LogP contribution is -2.53. The summed E-state index contributed by atoms with van der Waals surface area (Å²) in [6, 6.07) is 16.7. The number of carbonyl (C=O) groups excluding carboxylic acids is 3. The maximum atomic E-state index is 12.7. The predicted octanol–water partition coefficient (Wildman–Crippen LogP) is 3.49. The van der Waals surface area contributed by atoms with Crippen LogP contribution in [0, 0.1) is 0 Å². The van der Waals surface area contributed by atoms with Gasteiger partial charge in [0.1, 0.15) is 11.8 Å². The summed E-state index contributed by atoms with van der Waals surface area (Å²) < 4.78 is 0. The highest BCUT2D eigenvalue weighted by Gasteiger charge is 2.49. The first-order valence-electron chi connectivity index (χ1n) is 8.35. The highest BCUT2D eigenvalue weighted by atomic mass is 16.2. The van der Waals surface area contributed by atoms with Crippen molar-refractivity contribution in [3.8, 4) is 0 Å². The van der Waals surface area contributed by atoms with Gasteiger partial charge >= 0.3 is 0 Å². The topological polar surface area (TPSA) is 54.5 Å². The van der Waals surface area contributed by atoms with E-state index in [4.69, 9.17) is 0 Å². The molecule has 0 fully saturated rings. The minimum atomic E-state index is -1.09. The van der Waals surface area contributed by atoms with Gasteiger partial charge in [0.2, 0.25) is 0 Å². The molecule has 0 aromatic heterocycles. The van der Waals surface area contributed by atoms with Crippen LogP contribution in [-0.2, 0) is 4.79 Å². The van der Waals surface area contributed by atoms with Crippen molar-refractivity contribution in [1.82, 2.24) is 4.90 Å². The van der Waals surface area contributed by atoms with Gasteiger partial charge < -0.3 is 4.79 Å². The number of carbonyl (C=O) groups is 3. The van der Waals surface area contributed by atoms with Crippen molar-refractivity contribution in [3.05, 3.63) is 77.4 Å². The summed E-state index contributed by atoms with van der Waals surface area (Å²) in [6.07, 6.45) is 4.20. The fourth-order valence-electron chi connectivity index (χ4n) is 3.73. The molecule has 2 aromatic rings. The number of aldehydes is 1. The normalized spacial score (nSPS) is 22.6. The van der Waals surface area contributed by atoms with Crippen LogP contribution in [0.3, 0.4) is 0 Å². The van der Waals surface area contributed by atoms with Crippen molar-refractivity contribution in [2.24, 2.45) is 0 Å². The lowest BCUT2D eigenvalue weighted by atomic mass is 9.80. The summed E-state index contributed by atoms with van der Waals surface area (Å²) >= 11 is 0. The van der Waals surface area contributed by atoms with Crippen molar-refractivity contribution in [2.75, 3.05) is 0 Å². The average Bonchev–Trinajstić information content (AvgIpc) is 2.94. The zero-order valence-corrected chi connectivity index (χ0v) is 13.6. The van der Waals surface area contributed by atoms with Crippen LogP contribution >= 0.6 is 0 Å². The fourth-order valence-corrected chi connectivity index (χ4v) is 3.73. The number of benzene rings is 2. The Kier molecular flexibility index (Phi) is 3.61. The van der Waals surface area contributed by atoms with E-state index in [1.807, 2.05) is 36.4 Å². The first-order valence-corrected chi connectivity index (χ1v) is 8.35. The highest BCUT2D eigenvalue weighted by Crippen LogP contribution is 2.39. The number of nitrogens with zero attached hydrogens (tertiary/aromatic N) is 1. The van der Waals surface area contributed by atoms with E-state index in [0.29, 0.717) is 30.4 Å². The van der Waals surface area contributed by atoms with Crippen LogP contribution in [0.15, 0.2) is 60.7 Å². The maximum Gasteiger partial charge on any atom is 0.262 e. The molecule has 1 heterocycles. The Balaban J connectivity index is 1.68. The first kappa shape index (κ1) is 15.5. The van der Waals surface area contributed by atoms with Gasteiger partial charge in [-0.1, -0.05) is 48.5 Å². The lowest BCUT2D eigenvalue weighted by molar-refractivity contribution is -0.116. The van der Waals surface area contributed by atoms with E-state index in [-0.39, 0.29) is 11.8 Å². The van der Waals surface area contributed by atoms with Crippen LogP contribution in [0.2, 0.25) is 0 Å². The van der Waals surface area contributed by atoms with Crippen LogP contribution in [0.25, 0.3) is 5.57 Å². The predicted molar refractivity (Wildman–Crippen MR) is 94.0 cm³/mol. The maximum absolute atomic E-state index is 12.7. The Bertz CT molecular complexity index is 865. The molecule has 0 unspecified atom stereocenters. The summed E-state index contributed by atoms with van der Waals surface area (Å²) in [5, 5.41) is 0. The first-order chi connectivity index (χ1) is 12.2. The highest BCUT2D eigenvalue weighted by molar-refractivity contribution is 6.22. The minimum Gasteiger partial charge on any atom is -0.301 e. The quantitative estimate of drug-likeness (QED) is 0.639. The third-order valence-electron chi connectivity index (χ3n) is 5.13. The number of hydrogen-bond acceptors (Lipinski definition) is 3. The number of rotatable bonds is 3. The largest absolute Gasteiger partial charge is 0.301 e. The van der Waals surface area contributed by atoms with Crippen molar-refractivity contribution < 1.29 is 14.4 Å². The Hall–Kier alpha value is -3.01. The zero-order valence-electron chi connectivity index (χ0n) is 13.6. The fraction of sp³-hybridized carbons (Fsp3) is 0.190. The van der Waals surface area contributed by atoms with Gasteiger partial charge in [-0.15, -0.1) is 0 Å². The van der Waals surface area contributed by atoms with E-state index in [0.717, 1.165) is 17.4 Å². The van der Waals surface area contributed by atoms with Gasteiger partial charge in [-0.25, -0.2) is 0 Å². The molecule has 0 saturated heterocycles. The summed E-state index contributed by atoms with van der Waals surface area (Å²) in [6.45, 7) is 0. The second kappa shape index (κ2) is 5.81. The Morgan fingerprint density at radius 1 is 0.880 bits per heavy atom. The molecule has 1 atom stereocenters. The molecule has 2 amide bonds. The second-order valence-electron chi connectivity index (χ2n) is 6.51. The smallest absolute Gasteiger partial charge is 0.262 e. The minimum absolute atomic E-state index is 0.353. The number of imide groups is 1. The van der Waals surface area contributed by atoms with Crippen molar-refractivity contribution in [3.63, 3.8) is 0 Å². The molecule has 2 aliphatic rings. The Labute approximate surface area is 145 Å². The van der Waals surface area contributed by atoms with Crippen LogP contribution in [0.5, 0.6) is 0 Å². The molecule has 0 radical (unpaired) electrons.